The minimum atomic E-state index is -0.505. The Balaban J connectivity index is 2.20. The van der Waals surface area contributed by atoms with Crippen LogP contribution in [0.3, 0.4) is 0 Å². The third-order valence-corrected chi connectivity index (χ3v) is 2.40. The summed E-state index contributed by atoms with van der Waals surface area (Å²) in [6.45, 7) is 2.53. The number of nitrogens with zero attached hydrogens (tertiary/aromatic N) is 2. The number of carbonyl (C=O) groups excluding carboxylic acids is 1. The van der Waals surface area contributed by atoms with Gasteiger partial charge in [-0.25, -0.2) is 9.78 Å². The van der Waals surface area contributed by atoms with Gasteiger partial charge in [0.2, 0.25) is 5.82 Å². The number of ether oxygens (including phenoxy) is 1. The lowest BCUT2D eigenvalue weighted by molar-refractivity contribution is 0.0512. The van der Waals surface area contributed by atoms with Crippen LogP contribution >= 0.6 is 0 Å². The zero-order valence-electron chi connectivity index (χ0n) is 10.0. The van der Waals surface area contributed by atoms with Crippen molar-refractivity contribution in [2.45, 2.75) is 13.5 Å². The van der Waals surface area contributed by atoms with Gasteiger partial charge in [0.05, 0.1) is 6.61 Å². The van der Waals surface area contributed by atoms with Crippen molar-refractivity contribution >= 4 is 5.97 Å². The van der Waals surface area contributed by atoms with Crippen LogP contribution in [0.25, 0.3) is 11.4 Å². The fourth-order valence-corrected chi connectivity index (χ4v) is 1.47. The standard InChI is InChI=1S/C12H14N4O2/c1-2-18-12(17)11-14-10(15-16-11)9-5-3-8(7-13)4-6-9/h3-6H,2,7,13H2,1H3,(H,14,15,16). The van der Waals surface area contributed by atoms with Gasteiger partial charge in [0.25, 0.3) is 0 Å². The van der Waals surface area contributed by atoms with E-state index < -0.39 is 5.97 Å². The number of hydrogen-bond donors (Lipinski definition) is 2. The molecule has 0 bridgehead atoms. The molecule has 1 aromatic carbocycles. The highest BCUT2D eigenvalue weighted by Crippen LogP contribution is 2.15. The van der Waals surface area contributed by atoms with Crippen LogP contribution in [0, 0.1) is 0 Å². The lowest BCUT2D eigenvalue weighted by Crippen LogP contribution is -2.06. The van der Waals surface area contributed by atoms with Gasteiger partial charge in [-0.05, 0) is 12.5 Å². The molecule has 1 heterocycles. The third-order valence-electron chi connectivity index (χ3n) is 2.40. The molecule has 0 radical (unpaired) electrons. The summed E-state index contributed by atoms with van der Waals surface area (Å²) in [4.78, 5) is 15.5. The highest BCUT2D eigenvalue weighted by molar-refractivity contribution is 5.85. The molecule has 2 aromatic rings. The molecule has 3 N–H and O–H groups in total. The second kappa shape index (κ2) is 5.42. The minimum absolute atomic E-state index is 0.106. The van der Waals surface area contributed by atoms with Crippen LogP contribution in [-0.4, -0.2) is 27.8 Å². The summed E-state index contributed by atoms with van der Waals surface area (Å²) in [6.07, 6.45) is 0. The van der Waals surface area contributed by atoms with Crippen LogP contribution in [-0.2, 0) is 11.3 Å². The van der Waals surface area contributed by atoms with E-state index in [0.717, 1.165) is 11.1 Å². The summed E-state index contributed by atoms with van der Waals surface area (Å²) in [5.41, 5.74) is 7.36. The highest BCUT2D eigenvalue weighted by atomic mass is 16.5. The van der Waals surface area contributed by atoms with E-state index in [2.05, 4.69) is 15.2 Å². The Hall–Kier alpha value is -2.21. The van der Waals surface area contributed by atoms with Crippen LogP contribution < -0.4 is 5.73 Å². The first kappa shape index (κ1) is 12.3. The SMILES string of the molecule is CCOC(=O)c1nc(-c2ccc(CN)cc2)n[nH]1. The minimum Gasteiger partial charge on any atom is -0.460 e. The fourth-order valence-electron chi connectivity index (χ4n) is 1.47. The van der Waals surface area contributed by atoms with E-state index in [0.29, 0.717) is 19.0 Å². The van der Waals surface area contributed by atoms with E-state index >= 15 is 0 Å². The van der Waals surface area contributed by atoms with Crippen molar-refractivity contribution in [2.75, 3.05) is 6.61 Å². The molecule has 0 atom stereocenters. The molecule has 0 aliphatic carbocycles. The van der Waals surface area contributed by atoms with Gasteiger partial charge >= 0.3 is 5.97 Å². The van der Waals surface area contributed by atoms with Crippen molar-refractivity contribution in [2.24, 2.45) is 5.73 Å². The van der Waals surface area contributed by atoms with E-state index in [-0.39, 0.29) is 5.82 Å². The molecule has 0 fully saturated rings. The predicted molar refractivity (Wildman–Crippen MR) is 65.7 cm³/mol. The van der Waals surface area contributed by atoms with Crippen LogP contribution in [0.5, 0.6) is 0 Å². The van der Waals surface area contributed by atoms with E-state index in [1.54, 1.807) is 6.92 Å². The largest absolute Gasteiger partial charge is 0.460 e. The smallest absolute Gasteiger partial charge is 0.375 e. The number of rotatable bonds is 4. The zero-order chi connectivity index (χ0) is 13.0. The maximum Gasteiger partial charge on any atom is 0.375 e. The number of aromatic nitrogens is 3. The summed E-state index contributed by atoms with van der Waals surface area (Å²) in [6, 6.07) is 7.52. The van der Waals surface area contributed by atoms with E-state index in [1.807, 2.05) is 24.3 Å². The topological polar surface area (TPSA) is 93.9 Å². The number of nitrogens with two attached hydrogens (primary N) is 1. The van der Waals surface area contributed by atoms with Crippen LogP contribution in [0.4, 0.5) is 0 Å². The number of benzene rings is 1. The van der Waals surface area contributed by atoms with Crippen molar-refractivity contribution in [3.05, 3.63) is 35.7 Å². The number of H-pyrrole nitrogens is 1. The Morgan fingerprint density at radius 3 is 2.72 bits per heavy atom. The quantitative estimate of drug-likeness (QED) is 0.788. The van der Waals surface area contributed by atoms with Crippen LogP contribution in [0.1, 0.15) is 23.1 Å². The molecule has 0 unspecified atom stereocenters. The molecular formula is C12H14N4O2. The molecule has 0 spiro atoms. The molecule has 94 valence electrons. The average Bonchev–Trinajstić information content (AvgIpc) is 2.89. The summed E-state index contributed by atoms with van der Waals surface area (Å²) >= 11 is 0. The Kier molecular flexibility index (Phi) is 3.69. The summed E-state index contributed by atoms with van der Waals surface area (Å²) in [5, 5.41) is 6.53. The molecule has 6 nitrogen and oxygen atoms in total. The summed E-state index contributed by atoms with van der Waals surface area (Å²) in [7, 11) is 0. The maximum atomic E-state index is 11.4. The molecule has 1 aromatic heterocycles. The maximum absolute atomic E-state index is 11.4. The first-order chi connectivity index (χ1) is 8.74. The molecule has 18 heavy (non-hydrogen) atoms. The van der Waals surface area contributed by atoms with Gasteiger partial charge in [-0.1, -0.05) is 24.3 Å². The number of esters is 1. The molecule has 0 amide bonds. The van der Waals surface area contributed by atoms with Crippen molar-refractivity contribution in [3.8, 4) is 11.4 Å². The normalized spacial score (nSPS) is 10.3. The van der Waals surface area contributed by atoms with Gasteiger partial charge in [-0.3, -0.25) is 5.10 Å². The van der Waals surface area contributed by atoms with E-state index in [4.69, 9.17) is 10.5 Å². The second-order valence-corrected chi connectivity index (χ2v) is 3.63. The van der Waals surface area contributed by atoms with Crippen LogP contribution in [0.15, 0.2) is 24.3 Å². The fraction of sp³-hybridized carbons (Fsp3) is 0.250. The van der Waals surface area contributed by atoms with Gasteiger partial charge in [0.15, 0.2) is 5.82 Å². The third kappa shape index (κ3) is 2.54. The Morgan fingerprint density at radius 1 is 1.39 bits per heavy atom. The van der Waals surface area contributed by atoms with Crippen molar-refractivity contribution < 1.29 is 9.53 Å². The predicted octanol–water partition coefficient (Wildman–Crippen LogP) is 1.11. The number of hydrogen-bond acceptors (Lipinski definition) is 5. The lowest BCUT2D eigenvalue weighted by Gasteiger charge is -1.98. The average molecular weight is 246 g/mol. The molecule has 0 saturated carbocycles. The van der Waals surface area contributed by atoms with E-state index in [9.17, 15) is 4.79 Å². The molecule has 2 rings (SSSR count). The summed E-state index contributed by atoms with van der Waals surface area (Å²) in [5.74, 6) is 0.0613. The molecule has 0 aliphatic rings. The van der Waals surface area contributed by atoms with Gasteiger partial charge in [0.1, 0.15) is 0 Å². The van der Waals surface area contributed by atoms with Gasteiger partial charge in [0, 0.05) is 12.1 Å². The first-order valence-corrected chi connectivity index (χ1v) is 5.63. The number of aromatic amines is 1. The number of carbonyl (C=O) groups is 1. The summed E-state index contributed by atoms with van der Waals surface area (Å²) < 4.78 is 4.82. The molecule has 0 aliphatic heterocycles. The zero-order valence-corrected chi connectivity index (χ0v) is 10.0. The van der Waals surface area contributed by atoms with Crippen molar-refractivity contribution in [3.63, 3.8) is 0 Å². The highest BCUT2D eigenvalue weighted by Gasteiger charge is 2.13. The Morgan fingerprint density at radius 2 is 2.11 bits per heavy atom. The van der Waals surface area contributed by atoms with Crippen molar-refractivity contribution in [1.29, 1.82) is 0 Å². The second-order valence-electron chi connectivity index (χ2n) is 3.63. The molecule has 6 heteroatoms. The monoisotopic (exact) mass is 246 g/mol. The Bertz CT molecular complexity index is 533. The molecule has 0 saturated heterocycles. The van der Waals surface area contributed by atoms with Gasteiger partial charge in [-0.2, -0.15) is 5.10 Å². The number of nitrogens with one attached hydrogen (secondary N) is 1. The first-order valence-electron chi connectivity index (χ1n) is 5.63. The van der Waals surface area contributed by atoms with Gasteiger partial charge in [-0.15, -0.1) is 0 Å². The van der Waals surface area contributed by atoms with Crippen molar-refractivity contribution in [1.82, 2.24) is 15.2 Å². The molecular weight excluding hydrogens is 232 g/mol. The van der Waals surface area contributed by atoms with Crippen LogP contribution in [0.2, 0.25) is 0 Å². The lowest BCUT2D eigenvalue weighted by atomic mass is 10.1. The van der Waals surface area contributed by atoms with Gasteiger partial charge < -0.3 is 10.5 Å². The Labute approximate surface area is 104 Å². The van der Waals surface area contributed by atoms with E-state index in [1.165, 1.54) is 0 Å².